The normalized spacial score (nSPS) is 11.1. The third-order valence-corrected chi connectivity index (χ3v) is 7.04. The lowest BCUT2D eigenvalue weighted by molar-refractivity contribution is -0.113. The van der Waals surface area contributed by atoms with E-state index in [9.17, 15) is 14.4 Å². The molecule has 0 saturated heterocycles. The Morgan fingerprint density at radius 1 is 1.03 bits per heavy atom. The summed E-state index contributed by atoms with van der Waals surface area (Å²) in [6.45, 7) is 5.11. The molecule has 38 heavy (non-hydrogen) atoms. The Kier molecular flexibility index (Phi) is 9.20. The summed E-state index contributed by atoms with van der Waals surface area (Å²) in [5, 5.41) is 7.21. The maximum absolute atomic E-state index is 13.4. The molecule has 4 rings (SSSR count). The number of benzene rings is 3. The standard InChI is InChI=1S/C29H29ClN4O3S/c1-19(2)14-15-31-27(36)21-12-10-20(11-13-21)17-34-28(37)24-8-3-4-9-25(24)33-29(34)38-18-26(35)32-23-7-5-6-22(30)16-23/h3-13,16,19H,14-15,17-18H2,1-2H3,(H,31,36)(H,32,35). The van der Waals surface area contributed by atoms with Gasteiger partial charge in [-0.1, -0.05) is 67.5 Å². The Labute approximate surface area is 230 Å². The minimum Gasteiger partial charge on any atom is -0.352 e. The number of hydrogen-bond acceptors (Lipinski definition) is 5. The summed E-state index contributed by atoms with van der Waals surface area (Å²) in [5.74, 6) is 0.219. The quantitative estimate of drug-likeness (QED) is 0.199. The van der Waals surface area contributed by atoms with E-state index in [0.717, 1.165) is 12.0 Å². The number of aromatic nitrogens is 2. The lowest BCUT2D eigenvalue weighted by atomic mass is 10.1. The van der Waals surface area contributed by atoms with Crippen molar-refractivity contribution in [2.45, 2.75) is 32.0 Å². The van der Waals surface area contributed by atoms with E-state index in [1.165, 1.54) is 11.8 Å². The Bertz CT molecular complexity index is 1500. The minimum atomic E-state index is -0.237. The number of hydrogen-bond donors (Lipinski definition) is 2. The van der Waals surface area contributed by atoms with Gasteiger partial charge in [0.15, 0.2) is 5.16 Å². The average molecular weight is 549 g/mol. The molecule has 0 fully saturated rings. The zero-order valence-electron chi connectivity index (χ0n) is 21.2. The van der Waals surface area contributed by atoms with Crippen molar-refractivity contribution < 1.29 is 9.59 Å². The summed E-state index contributed by atoms with van der Waals surface area (Å²) < 4.78 is 1.57. The van der Waals surface area contributed by atoms with Gasteiger partial charge in [-0.25, -0.2) is 4.98 Å². The second kappa shape index (κ2) is 12.8. The van der Waals surface area contributed by atoms with Gasteiger partial charge in [-0.05, 0) is 60.4 Å². The van der Waals surface area contributed by atoms with Crippen LogP contribution in [-0.2, 0) is 11.3 Å². The van der Waals surface area contributed by atoms with E-state index in [4.69, 9.17) is 11.6 Å². The van der Waals surface area contributed by atoms with E-state index < -0.39 is 0 Å². The number of carbonyl (C=O) groups is 2. The first-order valence-electron chi connectivity index (χ1n) is 12.3. The number of thioether (sulfide) groups is 1. The van der Waals surface area contributed by atoms with Crippen LogP contribution in [0.25, 0.3) is 10.9 Å². The molecule has 0 bridgehead atoms. The zero-order valence-corrected chi connectivity index (χ0v) is 22.8. The minimum absolute atomic E-state index is 0.0623. The SMILES string of the molecule is CC(C)CCNC(=O)c1ccc(Cn2c(SCC(=O)Nc3cccc(Cl)c3)nc3ccccc3c2=O)cc1. The number of carbonyl (C=O) groups excluding carboxylic acids is 2. The van der Waals surface area contributed by atoms with E-state index in [0.29, 0.717) is 44.8 Å². The molecule has 1 heterocycles. The van der Waals surface area contributed by atoms with Crippen LogP contribution in [0.2, 0.25) is 5.02 Å². The lowest BCUT2D eigenvalue weighted by Crippen LogP contribution is -2.26. The van der Waals surface area contributed by atoms with Crippen molar-refractivity contribution in [2.24, 2.45) is 5.92 Å². The molecule has 0 aliphatic carbocycles. The fourth-order valence-corrected chi connectivity index (χ4v) is 4.80. The van der Waals surface area contributed by atoms with Gasteiger partial charge in [0, 0.05) is 22.8 Å². The predicted molar refractivity (Wildman–Crippen MR) is 154 cm³/mol. The Morgan fingerprint density at radius 3 is 2.53 bits per heavy atom. The van der Waals surface area contributed by atoms with Gasteiger partial charge in [-0.3, -0.25) is 19.0 Å². The monoisotopic (exact) mass is 548 g/mol. The number of nitrogens with zero attached hydrogens (tertiary/aromatic N) is 2. The smallest absolute Gasteiger partial charge is 0.262 e. The number of halogens is 1. The molecule has 4 aromatic rings. The van der Waals surface area contributed by atoms with Gasteiger partial charge in [0.1, 0.15) is 0 Å². The van der Waals surface area contributed by atoms with Crippen LogP contribution in [-0.4, -0.2) is 33.7 Å². The van der Waals surface area contributed by atoms with Crippen LogP contribution >= 0.6 is 23.4 Å². The fraction of sp³-hybridized carbons (Fsp3) is 0.241. The number of fused-ring (bicyclic) bond motifs is 1. The summed E-state index contributed by atoms with van der Waals surface area (Å²) in [6.07, 6.45) is 0.916. The molecule has 2 amide bonds. The summed E-state index contributed by atoms with van der Waals surface area (Å²) in [5.41, 5.74) is 2.38. The number of amides is 2. The molecule has 0 unspecified atom stereocenters. The molecule has 0 saturated carbocycles. The molecular formula is C29H29ClN4O3S. The largest absolute Gasteiger partial charge is 0.352 e. The van der Waals surface area contributed by atoms with Crippen molar-refractivity contribution in [3.8, 4) is 0 Å². The molecule has 3 aromatic carbocycles. The maximum Gasteiger partial charge on any atom is 0.262 e. The molecule has 1 aromatic heterocycles. The van der Waals surface area contributed by atoms with Crippen molar-refractivity contribution in [1.29, 1.82) is 0 Å². The number of para-hydroxylation sites is 1. The molecule has 2 N–H and O–H groups in total. The van der Waals surface area contributed by atoms with Gasteiger partial charge in [0.05, 0.1) is 23.2 Å². The third-order valence-electron chi connectivity index (χ3n) is 5.83. The summed E-state index contributed by atoms with van der Waals surface area (Å²) in [4.78, 5) is 43.1. The first-order chi connectivity index (χ1) is 18.3. The highest BCUT2D eigenvalue weighted by molar-refractivity contribution is 7.99. The highest BCUT2D eigenvalue weighted by Crippen LogP contribution is 2.21. The van der Waals surface area contributed by atoms with Crippen LogP contribution in [0.15, 0.2) is 82.7 Å². The second-order valence-corrected chi connectivity index (χ2v) is 10.7. The molecule has 196 valence electrons. The lowest BCUT2D eigenvalue weighted by Gasteiger charge is -2.14. The van der Waals surface area contributed by atoms with Crippen molar-refractivity contribution >= 4 is 51.8 Å². The summed E-state index contributed by atoms with van der Waals surface area (Å²) in [7, 11) is 0. The number of anilines is 1. The van der Waals surface area contributed by atoms with Crippen LogP contribution in [0.4, 0.5) is 5.69 Å². The van der Waals surface area contributed by atoms with Crippen LogP contribution in [0, 0.1) is 5.92 Å². The molecule has 0 aliphatic rings. The average Bonchev–Trinajstić information content (AvgIpc) is 2.89. The van der Waals surface area contributed by atoms with Crippen LogP contribution < -0.4 is 16.2 Å². The van der Waals surface area contributed by atoms with Crippen molar-refractivity contribution in [3.63, 3.8) is 0 Å². The van der Waals surface area contributed by atoms with Gasteiger partial charge >= 0.3 is 0 Å². The van der Waals surface area contributed by atoms with Crippen LogP contribution in [0.5, 0.6) is 0 Å². The van der Waals surface area contributed by atoms with Gasteiger partial charge in [-0.2, -0.15) is 0 Å². The molecule has 7 nitrogen and oxygen atoms in total. The van der Waals surface area contributed by atoms with Crippen molar-refractivity contribution in [1.82, 2.24) is 14.9 Å². The first-order valence-corrected chi connectivity index (χ1v) is 13.7. The highest BCUT2D eigenvalue weighted by atomic mass is 35.5. The molecular weight excluding hydrogens is 520 g/mol. The van der Waals surface area contributed by atoms with Gasteiger partial charge in [-0.15, -0.1) is 0 Å². The third kappa shape index (κ3) is 7.24. The molecule has 0 aliphatic heterocycles. The maximum atomic E-state index is 13.4. The van der Waals surface area contributed by atoms with E-state index in [1.54, 1.807) is 59.2 Å². The number of rotatable bonds is 10. The predicted octanol–water partition coefficient (Wildman–Crippen LogP) is 5.60. The second-order valence-electron chi connectivity index (χ2n) is 9.29. The van der Waals surface area contributed by atoms with Crippen molar-refractivity contribution in [2.75, 3.05) is 17.6 Å². The van der Waals surface area contributed by atoms with E-state index in [-0.39, 0.29) is 29.7 Å². The van der Waals surface area contributed by atoms with E-state index >= 15 is 0 Å². The summed E-state index contributed by atoms with van der Waals surface area (Å²) >= 11 is 7.19. The van der Waals surface area contributed by atoms with Gasteiger partial charge in [0.2, 0.25) is 5.91 Å². The molecule has 0 spiro atoms. The highest BCUT2D eigenvalue weighted by Gasteiger charge is 2.15. The van der Waals surface area contributed by atoms with E-state index in [2.05, 4.69) is 29.5 Å². The molecule has 0 radical (unpaired) electrons. The first kappa shape index (κ1) is 27.4. The number of nitrogens with one attached hydrogen (secondary N) is 2. The van der Waals surface area contributed by atoms with Crippen LogP contribution in [0.1, 0.15) is 36.2 Å². The van der Waals surface area contributed by atoms with Gasteiger partial charge < -0.3 is 10.6 Å². The topological polar surface area (TPSA) is 93.1 Å². The fourth-order valence-electron chi connectivity index (χ4n) is 3.81. The Morgan fingerprint density at radius 2 is 1.79 bits per heavy atom. The van der Waals surface area contributed by atoms with E-state index in [1.807, 2.05) is 18.2 Å². The van der Waals surface area contributed by atoms with Crippen LogP contribution in [0.3, 0.4) is 0 Å². The zero-order chi connectivity index (χ0) is 27.1. The molecule has 9 heteroatoms. The summed E-state index contributed by atoms with van der Waals surface area (Å²) in [6, 6.07) is 21.2. The van der Waals surface area contributed by atoms with Gasteiger partial charge in [0.25, 0.3) is 11.5 Å². The Balaban J connectivity index is 1.52. The van der Waals surface area contributed by atoms with Crippen molar-refractivity contribution in [3.05, 3.63) is 99.3 Å². The Hall–Kier alpha value is -3.62. The molecule has 0 atom stereocenters.